The highest BCUT2D eigenvalue weighted by Crippen LogP contribution is 2.51. The van der Waals surface area contributed by atoms with Crippen molar-refractivity contribution in [2.45, 2.75) is 13.2 Å². The Morgan fingerprint density at radius 3 is 1.06 bits per heavy atom. The molecule has 0 aliphatic rings. The van der Waals surface area contributed by atoms with E-state index in [4.69, 9.17) is 54.3 Å². The molecule has 0 bridgehead atoms. The second kappa shape index (κ2) is 29.8. The fraction of sp³-hybridized carbons (Fsp3) is 0.0270. The number of hydrogen-bond donors (Lipinski definition) is 0. The Bertz CT molecular complexity index is 4670. The summed E-state index contributed by atoms with van der Waals surface area (Å²) in [6.45, 7) is -0.0703. The van der Waals surface area contributed by atoms with Crippen molar-refractivity contribution in [1.29, 1.82) is 0 Å². The van der Waals surface area contributed by atoms with Crippen LogP contribution < -0.4 is 45.2 Å². The molecule has 1 unspecified atom stereocenters. The summed E-state index contributed by atoms with van der Waals surface area (Å²) in [6, 6.07) is 88.5. The number of nitrogens with zero attached hydrogens (tertiary/aromatic N) is 4. The fourth-order valence-electron chi connectivity index (χ4n) is 9.99. The molecule has 4 aromatic heterocycles. The van der Waals surface area contributed by atoms with Crippen LogP contribution in [0.5, 0.6) is 58.0 Å². The lowest BCUT2D eigenvalue weighted by Crippen LogP contribution is -2.06. The molecule has 0 aliphatic carbocycles. The highest BCUT2D eigenvalue weighted by atomic mass is 31.2. The molecule has 14 aromatic rings. The molecule has 0 spiro atoms. The van der Waals surface area contributed by atoms with Gasteiger partial charge in [-0.05, 0) is 99.4 Å². The third-order valence-corrected chi connectivity index (χ3v) is 18.5. The van der Waals surface area contributed by atoms with Gasteiger partial charge in [0.05, 0.1) is 13.2 Å². The van der Waals surface area contributed by atoms with Crippen LogP contribution >= 0.6 is 34.4 Å². The van der Waals surface area contributed by atoms with Crippen molar-refractivity contribution in [3.8, 4) is 69.1 Å². The second-order valence-electron chi connectivity index (χ2n) is 20.5. The molecule has 10 aromatic carbocycles. The number of pyridine rings is 4. The zero-order valence-electron chi connectivity index (χ0n) is 49.8. The lowest BCUT2D eigenvalue weighted by molar-refractivity contribution is 0.249. The van der Waals surface area contributed by atoms with Crippen LogP contribution in [0.1, 0.15) is 11.1 Å². The molecule has 0 amide bonds. The van der Waals surface area contributed by atoms with Crippen LogP contribution in [0.3, 0.4) is 0 Å². The number of aromatic nitrogens is 4. The summed E-state index contributed by atoms with van der Waals surface area (Å²) in [6.07, 6.45) is 6.49. The number of benzene rings is 10. The van der Waals surface area contributed by atoms with Crippen LogP contribution in [-0.2, 0) is 22.3 Å². The maximum atomic E-state index is 7.02. The molecule has 20 heteroatoms. The van der Waals surface area contributed by atoms with Crippen molar-refractivity contribution in [2.24, 2.45) is 0 Å². The summed E-state index contributed by atoms with van der Waals surface area (Å²) in [4.78, 5) is 17.5. The molecule has 1 atom stereocenters. The van der Waals surface area contributed by atoms with E-state index in [0.717, 1.165) is 54.2 Å². The third kappa shape index (κ3) is 15.2. The first kappa shape index (κ1) is 61.0. The lowest BCUT2D eigenvalue weighted by Gasteiger charge is -2.22. The van der Waals surface area contributed by atoms with Gasteiger partial charge in [0.25, 0.3) is 0 Å². The molecule has 0 fully saturated rings. The standard InChI is InChI=1S/C74H54N4O12P4/c1-5-29-60-53(22-1)26-17-36-67(60)83-91(79-51-57-25-4-8-35-65(57)81-93(85-68-37-18-27-54-23-2-6-30-61(54)68)86-69-38-19-28-55-24-3-7-31-62(55)69)84-70-39-21-33-63-59(32-20-34-64(63)70)56-44-45-66(82-94(89-73-42-11-15-48-77-73)90-74-43-12-16-49-78-74)58(50-56)52-80-92(87-71-40-9-13-46-75-71)88-72-41-10-14-47-76-72/h1-50H,51-52H2. The molecular formula is C74H54N4O12P4. The van der Waals surface area contributed by atoms with Gasteiger partial charge >= 0.3 is 34.4 Å². The molecule has 0 N–H and O–H groups in total. The average Bonchev–Trinajstić information content (AvgIpc) is 0.898. The van der Waals surface area contributed by atoms with E-state index in [2.05, 4.69) is 19.9 Å². The largest absolute Gasteiger partial charge is 0.532 e. The summed E-state index contributed by atoms with van der Waals surface area (Å²) >= 11 is 0. The van der Waals surface area contributed by atoms with Gasteiger partial charge in [-0.3, -0.25) is 9.05 Å². The Balaban J connectivity index is 0.788. The van der Waals surface area contributed by atoms with Crippen molar-refractivity contribution < 1.29 is 54.3 Å². The highest BCUT2D eigenvalue weighted by molar-refractivity contribution is 7.43. The van der Waals surface area contributed by atoms with Crippen LogP contribution in [-0.4, -0.2) is 19.9 Å². The summed E-state index contributed by atoms with van der Waals surface area (Å²) in [5.41, 5.74) is 2.96. The summed E-state index contributed by atoms with van der Waals surface area (Å²) < 4.78 is 79.5. The SMILES string of the molecule is c1ccc(OP(OCc2cc(-c3cccc4c(OP(OCc5ccccc5OP(Oc5cccc6ccccc56)Oc5cccc6ccccc56)Oc5cccc6ccccc56)cccc34)ccc2OP(Oc2ccccn2)Oc2ccccn2)Oc2ccccn2)nc1. The van der Waals surface area contributed by atoms with Crippen LogP contribution in [0, 0.1) is 0 Å². The van der Waals surface area contributed by atoms with Crippen molar-refractivity contribution in [2.75, 3.05) is 0 Å². The quantitative estimate of drug-likeness (QED) is 0.0447. The summed E-state index contributed by atoms with van der Waals surface area (Å²) in [5, 5.41) is 7.40. The fourth-order valence-corrected chi connectivity index (χ4v) is 14.0. The minimum atomic E-state index is -2.21. The maximum absolute atomic E-state index is 7.02. The molecule has 4 heterocycles. The van der Waals surface area contributed by atoms with Gasteiger partial charge in [-0.2, -0.15) is 0 Å². The third-order valence-electron chi connectivity index (χ3n) is 14.4. The molecule has 94 heavy (non-hydrogen) atoms. The van der Waals surface area contributed by atoms with Crippen molar-refractivity contribution >= 4 is 77.5 Å². The topological polar surface area (TPSA) is 162 Å². The molecular weight excluding hydrogens is 1260 g/mol. The lowest BCUT2D eigenvalue weighted by atomic mass is 9.96. The van der Waals surface area contributed by atoms with E-state index in [1.54, 1.807) is 73.3 Å². The molecule has 0 saturated heterocycles. The van der Waals surface area contributed by atoms with E-state index in [1.165, 1.54) is 0 Å². The van der Waals surface area contributed by atoms with E-state index in [1.807, 2.05) is 231 Å². The average molecular weight is 1320 g/mol. The maximum Gasteiger partial charge on any atom is 0.532 e. The van der Waals surface area contributed by atoms with Gasteiger partial charge in [-0.15, -0.1) is 0 Å². The summed E-state index contributed by atoms with van der Waals surface area (Å²) in [7, 11) is -8.71. The van der Waals surface area contributed by atoms with E-state index >= 15 is 0 Å². The Morgan fingerprint density at radius 1 is 0.234 bits per heavy atom. The minimum absolute atomic E-state index is 0.0115. The van der Waals surface area contributed by atoms with Crippen molar-refractivity contribution in [1.82, 2.24) is 19.9 Å². The predicted molar refractivity (Wildman–Crippen MR) is 368 cm³/mol. The Labute approximate surface area is 546 Å². The first-order chi connectivity index (χ1) is 46.5. The molecule has 0 aliphatic heterocycles. The summed E-state index contributed by atoms with van der Waals surface area (Å²) in [5.74, 6) is 4.37. The number of para-hydroxylation sites is 1. The highest BCUT2D eigenvalue weighted by Gasteiger charge is 2.29. The van der Waals surface area contributed by atoms with Crippen LogP contribution in [0.2, 0.25) is 0 Å². The number of rotatable bonds is 27. The first-order valence-corrected chi connectivity index (χ1v) is 34.0. The molecule has 0 saturated carbocycles. The van der Waals surface area contributed by atoms with Crippen molar-refractivity contribution in [3.05, 3.63) is 315 Å². The van der Waals surface area contributed by atoms with Gasteiger partial charge in [0.15, 0.2) is 0 Å². The van der Waals surface area contributed by atoms with Crippen LogP contribution in [0.15, 0.2) is 304 Å². The Kier molecular flexibility index (Phi) is 19.4. The number of fused-ring (bicyclic) bond motifs is 4. The minimum Gasteiger partial charge on any atom is -0.417 e. The van der Waals surface area contributed by atoms with E-state index in [9.17, 15) is 0 Å². The molecule has 14 rings (SSSR count). The van der Waals surface area contributed by atoms with Gasteiger partial charge in [0, 0.05) is 81.7 Å². The van der Waals surface area contributed by atoms with Gasteiger partial charge < -0.3 is 45.2 Å². The monoisotopic (exact) mass is 1310 g/mol. The van der Waals surface area contributed by atoms with Crippen LogP contribution in [0.4, 0.5) is 0 Å². The molecule has 0 radical (unpaired) electrons. The Morgan fingerprint density at radius 2 is 0.564 bits per heavy atom. The van der Waals surface area contributed by atoms with Gasteiger partial charge in [-0.25, -0.2) is 19.9 Å². The predicted octanol–water partition coefficient (Wildman–Crippen LogP) is 20.9. The number of hydrogen-bond acceptors (Lipinski definition) is 16. The molecule has 16 nitrogen and oxygen atoms in total. The van der Waals surface area contributed by atoms with Crippen LogP contribution in [0.25, 0.3) is 54.2 Å². The zero-order chi connectivity index (χ0) is 63.1. The van der Waals surface area contributed by atoms with Gasteiger partial charge in [-0.1, -0.05) is 188 Å². The Hall–Kier alpha value is -10.5. The van der Waals surface area contributed by atoms with E-state index in [-0.39, 0.29) is 25.0 Å². The van der Waals surface area contributed by atoms with Gasteiger partial charge in [0.1, 0.15) is 34.5 Å². The van der Waals surface area contributed by atoms with E-state index < -0.39 is 34.4 Å². The van der Waals surface area contributed by atoms with Crippen molar-refractivity contribution in [3.63, 3.8) is 0 Å². The molecule has 462 valence electrons. The normalized spacial score (nSPS) is 11.6. The first-order valence-electron chi connectivity index (χ1n) is 29.6. The smallest absolute Gasteiger partial charge is 0.417 e. The van der Waals surface area contributed by atoms with E-state index in [0.29, 0.717) is 57.4 Å². The van der Waals surface area contributed by atoms with Gasteiger partial charge in [0.2, 0.25) is 23.5 Å². The zero-order valence-corrected chi connectivity index (χ0v) is 53.3. The second-order valence-corrected chi connectivity index (χ2v) is 24.7.